The number of rotatable bonds is 3. The molecule has 2 aromatic heterocycles. The highest BCUT2D eigenvalue weighted by Crippen LogP contribution is 2.29. The average molecular weight is 266 g/mol. The minimum Gasteiger partial charge on any atom is -0.338 e. The average Bonchev–Trinajstić information content (AvgIpc) is 2.86. The number of nitrogens with two attached hydrogens (primary N) is 1. The second kappa shape index (κ2) is 4.78. The van der Waals surface area contributed by atoms with Crippen molar-refractivity contribution in [2.24, 2.45) is 11.1 Å². The quantitative estimate of drug-likeness (QED) is 0.923. The maximum atomic E-state index is 6.07. The van der Waals surface area contributed by atoms with E-state index in [1.54, 1.807) is 11.3 Å². The molecular formula is C12H18N4OS. The van der Waals surface area contributed by atoms with E-state index in [2.05, 4.69) is 15.1 Å². The molecule has 18 heavy (non-hydrogen) atoms. The topological polar surface area (TPSA) is 77.8 Å². The normalized spacial score (nSPS) is 13.8. The fraction of sp³-hybridized carbons (Fsp3) is 0.583. The van der Waals surface area contributed by atoms with Crippen LogP contribution in [0.2, 0.25) is 0 Å². The third-order valence-corrected chi connectivity index (χ3v) is 3.51. The lowest BCUT2D eigenvalue weighted by Crippen LogP contribution is -2.26. The Balaban J connectivity index is 2.11. The molecule has 0 fully saturated rings. The molecule has 0 aliphatic heterocycles. The second-order valence-electron chi connectivity index (χ2n) is 5.43. The zero-order valence-electron chi connectivity index (χ0n) is 11.1. The van der Waals surface area contributed by atoms with Gasteiger partial charge in [0.1, 0.15) is 0 Å². The molecule has 6 heteroatoms. The van der Waals surface area contributed by atoms with Crippen molar-refractivity contribution in [2.45, 2.75) is 40.2 Å². The maximum Gasteiger partial charge on any atom is 0.244 e. The molecular weight excluding hydrogens is 248 g/mol. The van der Waals surface area contributed by atoms with Gasteiger partial charge in [0.2, 0.25) is 5.89 Å². The Morgan fingerprint density at radius 1 is 1.39 bits per heavy atom. The van der Waals surface area contributed by atoms with E-state index >= 15 is 0 Å². The van der Waals surface area contributed by atoms with Crippen LogP contribution in [0.15, 0.2) is 9.90 Å². The Morgan fingerprint density at radius 2 is 2.11 bits per heavy atom. The van der Waals surface area contributed by atoms with Crippen molar-refractivity contribution in [3.63, 3.8) is 0 Å². The van der Waals surface area contributed by atoms with Gasteiger partial charge in [0.15, 0.2) is 5.82 Å². The van der Waals surface area contributed by atoms with Gasteiger partial charge in [-0.15, -0.1) is 11.3 Å². The SMILES string of the molecule is Cc1nc(Cc2noc(C(N)C(C)(C)C)n2)cs1. The highest BCUT2D eigenvalue weighted by molar-refractivity contribution is 7.09. The minimum absolute atomic E-state index is 0.0962. The van der Waals surface area contributed by atoms with Gasteiger partial charge < -0.3 is 10.3 Å². The molecule has 98 valence electrons. The van der Waals surface area contributed by atoms with Gasteiger partial charge in [0.05, 0.1) is 23.2 Å². The molecule has 2 heterocycles. The molecule has 0 amide bonds. The lowest BCUT2D eigenvalue weighted by molar-refractivity contribution is 0.252. The van der Waals surface area contributed by atoms with Crippen molar-refractivity contribution in [3.05, 3.63) is 27.8 Å². The first-order valence-corrected chi connectivity index (χ1v) is 6.73. The molecule has 0 aromatic carbocycles. The van der Waals surface area contributed by atoms with E-state index in [1.807, 2.05) is 33.1 Å². The molecule has 0 saturated carbocycles. The number of nitrogens with zero attached hydrogens (tertiary/aromatic N) is 3. The third-order valence-electron chi connectivity index (χ3n) is 2.69. The van der Waals surface area contributed by atoms with Crippen molar-refractivity contribution >= 4 is 11.3 Å². The van der Waals surface area contributed by atoms with Crippen LogP contribution in [-0.2, 0) is 6.42 Å². The van der Waals surface area contributed by atoms with Gasteiger partial charge in [-0.3, -0.25) is 0 Å². The first-order chi connectivity index (χ1) is 8.36. The molecule has 0 spiro atoms. The number of thiazole rings is 1. The lowest BCUT2D eigenvalue weighted by Gasteiger charge is -2.23. The Bertz CT molecular complexity index is 526. The molecule has 0 saturated heterocycles. The smallest absolute Gasteiger partial charge is 0.244 e. The van der Waals surface area contributed by atoms with E-state index in [0.717, 1.165) is 10.7 Å². The maximum absolute atomic E-state index is 6.07. The number of aryl methyl sites for hydroxylation is 1. The third kappa shape index (κ3) is 2.94. The van der Waals surface area contributed by atoms with Gasteiger partial charge in [0, 0.05) is 5.38 Å². The van der Waals surface area contributed by atoms with Crippen LogP contribution in [0.4, 0.5) is 0 Å². The number of hydrogen-bond acceptors (Lipinski definition) is 6. The fourth-order valence-electron chi connectivity index (χ4n) is 1.49. The molecule has 0 bridgehead atoms. The standard InChI is InChI=1S/C12H18N4OS/c1-7-14-8(6-18-7)5-9-15-11(17-16-9)10(13)12(2,3)4/h6,10H,5,13H2,1-4H3. The van der Waals surface area contributed by atoms with Crippen LogP contribution in [0.25, 0.3) is 0 Å². The van der Waals surface area contributed by atoms with Crippen LogP contribution in [0, 0.1) is 12.3 Å². The molecule has 2 rings (SSSR count). The summed E-state index contributed by atoms with van der Waals surface area (Å²) in [6, 6.07) is -0.254. The van der Waals surface area contributed by atoms with Gasteiger partial charge in [-0.1, -0.05) is 25.9 Å². The summed E-state index contributed by atoms with van der Waals surface area (Å²) >= 11 is 1.62. The summed E-state index contributed by atoms with van der Waals surface area (Å²) in [6.07, 6.45) is 0.588. The van der Waals surface area contributed by atoms with Crippen LogP contribution in [0.5, 0.6) is 0 Å². The Kier molecular flexibility index (Phi) is 3.49. The van der Waals surface area contributed by atoms with Crippen molar-refractivity contribution < 1.29 is 4.52 Å². The van der Waals surface area contributed by atoms with E-state index < -0.39 is 0 Å². The van der Waals surface area contributed by atoms with E-state index in [4.69, 9.17) is 10.3 Å². The first kappa shape index (κ1) is 13.2. The fourth-order valence-corrected chi connectivity index (χ4v) is 2.10. The van der Waals surface area contributed by atoms with Crippen molar-refractivity contribution in [1.82, 2.24) is 15.1 Å². The zero-order valence-corrected chi connectivity index (χ0v) is 11.9. The molecule has 1 atom stereocenters. The summed E-state index contributed by atoms with van der Waals surface area (Å²) in [5.41, 5.74) is 6.94. The minimum atomic E-state index is -0.254. The summed E-state index contributed by atoms with van der Waals surface area (Å²) in [5.74, 6) is 1.12. The van der Waals surface area contributed by atoms with Gasteiger partial charge in [-0.2, -0.15) is 4.98 Å². The molecule has 5 nitrogen and oxygen atoms in total. The molecule has 2 aromatic rings. The largest absolute Gasteiger partial charge is 0.338 e. The van der Waals surface area contributed by atoms with Gasteiger partial charge in [-0.05, 0) is 12.3 Å². The van der Waals surface area contributed by atoms with E-state index in [0.29, 0.717) is 18.1 Å². The van der Waals surface area contributed by atoms with E-state index in [9.17, 15) is 0 Å². The van der Waals surface area contributed by atoms with E-state index in [1.165, 1.54) is 0 Å². The second-order valence-corrected chi connectivity index (χ2v) is 6.49. The van der Waals surface area contributed by atoms with Crippen molar-refractivity contribution in [2.75, 3.05) is 0 Å². The van der Waals surface area contributed by atoms with Gasteiger partial charge in [-0.25, -0.2) is 4.98 Å². The molecule has 0 aliphatic carbocycles. The van der Waals surface area contributed by atoms with Crippen LogP contribution < -0.4 is 5.73 Å². The van der Waals surface area contributed by atoms with Crippen LogP contribution >= 0.6 is 11.3 Å². The van der Waals surface area contributed by atoms with Crippen LogP contribution in [0.1, 0.15) is 49.2 Å². The summed E-state index contributed by atoms with van der Waals surface area (Å²) in [5, 5.41) is 7.00. The lowest BCUT2D eigenvalue weighted by atomic mass is 9.87. The highest BCUT2D eigenvalue weighted by Gasteiger charge is 2.27. The zero-order chi connectivity index (χ0) is 13.3. The summed E-state index contributed by atoms with van der Waals surface area (Å²) in [4.78, 5) is 8.72. The molecule has 1 unspecified atom stereocenters. The molecule has 0 radical (unpaired) electrons. The van der Waals surface area contributed by atoms with Gasteiger partial charge >= 0.3 is 0 Å². The monoisotopic (exact) mass is 266 g/mol. The van der Waals surface area contributed by atoms with E-state index in [-0.39, 0.29) is 11.5 Å². The van der Waals surface area contributed by atoms with Crippen molar-refractivity contribution in [3.8, 4) is 0 Å². The summed E-state index contributed by atoms with van der Waals surface area (Å²) in [6.45, 7) is 8.12. The Labute approximate surface area is 110 Å². The molecule has 0 aliphatic rings. The molecule has 2 N–H and O–H groups in total. The highest BCUT2D eigenvalue weighted by atomic mass is 32.1. The van der Waals surface area contributed by atoms with Crippen LogP contribution in [-0.4, -0.2) is 15.1 Å². The predicted octanol–water partition coefficient (Wildman–Crippen LogP) is 2.47. The predicted molar refractivity (Wildman–Crippen MR) is 70.3 cm³/mol. The first-order valence-electron chi connectivity index (χ1n) is 5.85. The number of hydrogen-bond donors (Lipinski definition) is 1. The number of aromatic nitrogens is 3. The van der Waals surface area contributed by atoms with Crippen LogP contribution in [0.3, 0.4) is 0 Å². The summed E-state index contributed by atoms with van der Waals surface area (Å²) in [7, 11) is 0. The Hall–Kier alpha value is -1.27. The van der Waals surface area contributed by atoms with Crippen molar-refractivity contribution in [1.29, 1.82) is 0 Å². The Morgan fingerprint density at radius 3 is 2.67 bits per heavy atom. The van der Waals surface area contributed by atoms with Gasteiger partial charge in [0.25, 0.3) is 0 Å². The summed E-state index contributed by atoms with van der Waals surface area (Å²) < 4.78 is 5.22.